The van der Waals surface area contributed by atoms with Crippen molar-refractivity contribution in [3.05, 3.63) is 17.8 Å². The molecule has 0 radical (unpaired) electrons. The molecule has 3 N–H and O–H groups in total. The second-order valence-electron chi connectivity index (χ2n) is 5.64. The number of anilines is 1. The van der Waals surface area contributed by atoms with E-state index in [4.69, 9.17) is 5.73 Å². The van der Waals surface area contributed by atoms with Gasteiger partial charge in [0.15, 0.2) is 5.69 Å². The average molecular weight is 264 g/mol. The topological polar surface area (TPSA) is 80.9 Å². The molecule has 1 amide bonds. The number of aromatic nitrogens is 2. The number of nitrogens with one attached hydrogen (secondary N) is 1. The molecule has 1 aromatic rings. The molecule has 0 spiro atoms. The van der Waals surface area contributed by atoms with Crippen LogP contribution in [0.15, 0.2) is 12.1 Å². The third-order valence-electron chi connectivity index (χ3n) is 3.12. The van der Waals surface area contributed by atoms with Crippen molar-refractivity contribution in [2.75, 3.05) is 11.9 Å². The third-order valence-corrected chi connectivity index (χ3v) is 3.12. The second-order valence-corrected chi connectivity index (χ2v) is 5.64. The van der Waals surface area contributed by atoms with E-state index < -0.39 is 5.91 Å². The van der Waals surface area contributed by atoms with E-state index in [9.17, 15) is 4.79 Å². The molecule has 0 saturated heterocycles. The van der Waals surface area contributed by atoms with E-state index in [0.717, 1.165) is 6.54 Å². The minimum atomic E-state index is -0.557. The second kappa shape index (κ2) is 7.07. The van der Waals surface area contributed by atoms with Crippen molar-refractivity contribution in [3.63, 3.8) is 0 Å². The first-order valence-corrected chi connectivity index (χ1v) is 6.82. The molecule has 19 heavy (non-hydrogen) atoms. The van der Waals surface area contributed by atoms with Gasteiger partial charge >= 0.3 is 0 Å². The maximum absolute atomic E-state index is 10.9. The summed E-state index contributed by atoms with van der Waals surface area (Å²) in [5.74, 6) is 0.118. The lowest BCUT2D eigenvalue weighted by molar-refractivity contribution is 0.0994. The van der Waals surface area contributed by atoms with Crippen LogP contribution in [-0.2, 0) is 0 Å². The fourth-order valence-corrected chi connectivity index (χ4v) is 1.83. The Morgan fingerprint density at radius 1 is 1.32 bits per heavy atom. The molecule has 5 nitrogen and oxygen atoms in total. The zero-order valence-electron chi connectivity index (χ0n) is 12.1. The highest BCUT2D eigenvalue weighted by Gasteiger charge is 2.17. The number of primary amides is 1. The lowest BCUT2D eigenvalue weighted by atomic mass is 9.87. The number of hydrogen-bond acceptors (Lipinski definition) is 4. The van der Waals surface area contributed by atoms with Gasteiger partial charge in [-0.05, 0) is 24.0 Å². The zero-order chi connectivity index (χ0) is 14.3. The van der Waals surface area contributed by atoms with Crippen LogP contribution in [0.25, 0.3) is 0 Å². The molecule has 1 rings (SSSR count). The Balaban J connectivity index is 2.44. The largest absolute Gasteiger partial charge is 0.368 e. The van der Waals surface area contributed by atoms with Crippen LogP contribution in [0.3, 0.4) is 0 Å². The first-order valence-electron chi connectivity index (χ1n) is 6.82. The van der Waals surface area contributed by atoms with Gasteiger partial charge in [0.25, 0.3) is 5.91 Å². The molecule has 1 aromatic heterocycles. The number of amides is 1. The van der Waals surface area contributed by atoms with E-state index in [1.54, 1.807) is 12.1 Å². The summed E-state index contributed by atoms with van der Waals surface area (Å²) in [5.41, 5.74) is 5.52. The van der Waals surface area contributed by atoms with Gasteiger partial charge in [0.2, 0.25) is 0 Å². The van der Waals surface area contributed by atoms with Crippen molar-refractivity contribution in [1.29, 1.82) is 0 Å². The highest BCUT2D eigenvalue weighted by atomic mass is 16.1. The summed E-state index contributed by atoms with van der Waals surface area (Å²) < 4.78 is 0. The first-order chi connectivity index (χ1) is 8.94. The maximum atomic E-state index is 10.9. The molecule has 0 aromatic carbocycles. The van der Waals surface area contributed by atoms with Crippen LogP contribution in [-0.4, -0.2) is 22.6 Å². The Morgan fingerprint density at radius 2 is 2.05 bits per heavy atom. The fraction of sp³-hybridized carbons (Fsp3) is 0.643. The van der Waals surface area contributed by atoms with Crippen LogP contribution in [0.2, 0.25) is 0 Å². The minimum absolute atomic E-state index is 0.188. The predicted molar refractivity (Wildman–Crippen MR) is 77.0 cm³/mol. The standard InChI is InChI=1S/C14H24N4O/c1-4-5-6-9-14(2,3)10-16-12-8-7-11(13(15)19)17-18-12/h7-8H,4-6,9-10H2,1-3H3,(H2,15,19)(H,16,18). The van der Waals surface area contributed by atoms with Crippen LogP contribution in [0.5, 0.6) is 0 Å². The molecule has 0 bridgehead atoms. The lowest BCUT2D eigenvalue weighted by Crippen LogP contribution is -2.24. The quantitative estimate of drug-likeness (QED) is 0.707. The van der Waals surface area contributed by atoms with Gasteiger partial charge in [-0.1, -0.05) is 40.0 Å². The summed E-state index contributed by atoms with van der Waals surface area (Å²) in [6.07, 6.45) is 4.94. The Bertz CT molecular complexity index is 400. The number of rotatable bonds is 8. The highest BCUT2D eigenvalue weighted by molar-refractivity contribution is 5.90. The number of unbranched alkanes of at least 4 members (excludes halogenated alkanes) is 2. The molecule has 0 atom stereocenters. The highest BCUT2D eigenvalue weighted by Crippen LogP contribution is 2.23. The average Bonchev–Trinajstić information content (AvgIpc) is 2.37. The zero-order valence-corrected chi connectivity index (χ0v) is 12.1. The van der Waals surface area contributed by atoms with Crippen molar-refractivity contribution < 1.29 is 4.79 Å². The summed E-state index contributed by atoms with van der Waals surface area (Å²) in [5, 5.41) is 11.0. The van der Waals surface area contributed by atoms with E-state index >= 15 is 0 Å². The molecule has 1 heterocycles. The molecule has 0 fully saturated rings. The summed E-state index contributed by atoms with van der Waals surface area (Å²) in [6, 6.07) is 3.32. The summed E-state index contributed by atoms with van der Waals surface area (Å²) in [7, 11) is 0. The molecular formula is C14H24N4O. The van der Waals surface area contributed by atoms with E-state index in [1.165, 1.54) is 25.7 Å². The molecule has 0 aliphatic heterocycles. The molecule has 0 aliphatic rings. The van der Waals surface area contributed by atoms with Crippen molar-refractivity contribution >= 4 is 11.7 Å². The van der Waals surface area contributed by atoms with Crippen molar-refractivity contribution in [1.82, 2.24) is 10.2 Å². The molecule has 0 aliphatic carbocycles. The van der Waals surface area contributed by atoms with Crippen LogP contribution in [0.1, 0.15) is 56.9 Å². The monoisotopic (exact) mass is 264 g/mol. The van der Waals surface area contributed by atoms with Gasteiger partial charge in [0.05, 0.1) is 0 Å². The van der Waals surface area contributed by atoms with E-state index in [1.807, 2.05) is 0 Å². The molecule has 0 unspecified atom stereocenters. The van der Waals surface area contributed by atoms with Gasteiger partial charge in [-0.25, -0.2) is 0 Å². The van der Waals surface area contributed by atoms with Gasteiger partial charge in [0, 0.05) is 6.54 Å². The van der Waals surface area contributed by atoms with Gasteiger partial charge in [0.1, 0.15) is 5.82 Å². The predicted octanol–water partition coefficient (Wildman–Crippen LogP) is 2.59. The smallest absolute Gasteiger partial charge is 0.269 e. The summed E-state index contributed by atoms with van der Waals surface area (Å²) in [4.78, 5) is 10.9. The Morgan fingerprint density at radius 3 is 2.58 bits per heavy atom. The van der Waals surface area contributed by atoms with Crippen molar-refractivity contribution in [2.24, 2.45) is 11.1 Å². The molecule has 5 heteroatoms. The number of nitrogens with two attached hydrogens (primary N) is 1. The first kappa shape index (κ1) is 15.4. The minimum Gasteiger partial charge on any atom is -0.368 e. The van der Waals surface area contributed by atoms with Crippen molar-refractivity contribution in [3.8, 4) is 0 Å². The maximum Gasteiger partial charge on any atom is 0.269 e. The van der Waals surface area contributed by atoms with Crippen LogP contribution in [0, 0.1) is 5.41 Å². The van der Waals surface area contributed by atoms with Gasteiger partial charge < -0.3 is 11.1 Å². The molecule has 106 valence electrons. The van der Waals surface area contributed by atoms with Gasteiger partial charge in [-0.15, -0.1) is 10.2 Å². The fourth-order valence-electron chi connectivity index (χ4n) is 1.83. The third kappa shape index (κ3) is 5.68. The van der Waals surface area contributed by atoms with Crippen molar-refractivity contribution in [2.45, 2.75) is 46.5 Å². The Kier molecular flexibility index (Phi) is 5.73. The Hall–Kier alpha value is -1.65. The van der Waals surface area contributed by atoms with Gasteiger partial charge in [-0.2, -0.15) is 0 Å². The van der Waals surface area contributed by atoms with Crippen LogP contribution >= 0.6 is 0 Å². The van der Waals surface area contributed by atoms with Crippen LogP contribution < -0.4 is 11.1 Å². The van der Waals surface area contributed by atoms with E-state index in [-0.39, 0.29) is 11.1 Å². The van der Waals surface area contributed by atoms with Crippen LogP contribution in [0.4, 0.5) is 5.82 Å². The number of nitrogens with zero attached hydrogens (tertiary/aromatic N) is 2. The number of carbonyl (C=O) groups excluding carboxylic acids is 1. The van der Waals surface area contributed by atoms with E-state index in [2.05, 4.69) is 36.3 Å². The van der Waals surface area contributed by atoms with E-state index in [0.29, 0.717) is 5.82 Å². The summed E-state index contributed by atoms with van der Waals surface area (Å²) >= 11 is 0. The lowest BCUT2D eigenvalue weighted by Gasteiger charge is -2.25. The number of hydrogen-bond donors (Lipinski definition) is 2. The normalized spacial score (nSPS) is 11.3. The summed E-state index contributed by atoms with van der Waals surface area (Å²) in [6.45, 7) is 7.52. The molecule has 0 saturated carbocycles. The van der Waals surface area contributed by atoms with Gasteiger partial charge in [-0.3, -0.25) is 4.79 Å². The SMILES string of the molecule is CCCCCC(C)(C)CNc1ccc(C(N)=O)nn1. The number of carbonyl (C=O) groups is 1. The Labute approximate surface area is 115 Å². The molecular weight excluding hydrogens is 240 g/mol.